The Balaban J connectivity index is 2.04. The summed E-state index contributed by atoms with van der Waals surface area (Å²) in [6.45, 7) is 0.762. The number of benzene rings is 1. The monoisotopic (exact) mass is 253 g/mol. The van der Waals surface area contributed by atoms with Crippen LogP contribution in [0.2, 0.25) is 4.34 Å². The fourth-order valence-corrected chi connectivity index (χ4v) is 2.45. The molecule has 0 bridgehead atoms. The first-order chi connectivity index (χ1) is 7.79. The Bertz CT molecular complexity index is 470. The Morgan fingerprint density at radius 3 is 2.75 bits per heavy atom. The van der Waals surface area contributed by atoms with Gasteiger partial charge in [0.15, 0.2) is 0 Å². The van der Waals surface area contributed by atoms with Gasteiger partial charge in [-0.3, -0.25) is 0 Å². The summed E-state index contributed by atoms with van der Waals surface area (Å²) in [5, 5.41) is 3.32. The molecule has 0 fully saturated rings. The molecule has 0 aliphatic rings. The van der Waals surface area contributed by atoms with E-state index in [1.807, 2.05) is 36.4 Å². The van der Waals surface area contributed by atoms with Gasteiger partial charge in [-0.05, 0) is 24.3 Å². The molecule has 0 aliphatic carbocycles. The number of anilines is 1. The zero-order valence-electron chi connectivity index (χ0n) is 8.87. The molecule has 0 amide bonds. The SMILES string of the molecule is COc1ccccc1NCc1ccc(Cl)s1. The Morgan fingerprint density at radius 2 is 2.06 bits per heavy atom. The third kappa shape index (κ3) is 2.68. The fraction of sp³-hybridized carbons (Fsp3) is 0.167. The molecule has 1 aromatic heterocycles. The lowest BCUT2D eigenvalue weighted by Gasteiger charge is -2.09. The van der Waals surface area contributed by atoms with Crippen LogP contribution in [0.1, 0.15) is 4.88 Å². The molecule has 2 rings (SSSR count). The highest BCUT2D eigenvalue weighted by Gasteiger charge is 2.02. The molecule has 0 saturated heterocycles. The number of hydrogen-bond donors (Lipinski definition) is 1. The quantitative estimate of drug-likeness (QED) is 0.889. The number of methoxy groups -OCH3 is 1. The summed E-state index contributed by atoms with van der Waals surface area (Å²) >= 11 is 7.45. The average Bonchev–Trinajstić information content (AvgIpc) is 2.73. The summed E-state index contributed by atoms with van der Waals surface area (Å²) in [7, 11) is 1.67. The molecule has 84 valence electrons. The van der Waals surface area contributed by atoms with Gasteiger partial charge in [0.2, 0.25) is 0 Å². The summed E-state index contributed by atoms with van der Waals surface area (Å²) in [6, 6.07) is 11.8. The van der Waals surface area contributed by atoms with Crippen molar-refractivity contribution in [2.75, 3.05) is 12.4 Å². The third-order valence-corrected chi connectivity index (χ3v) is 3.42. The smallest absolute Gasteiger partial charge is 0.141 e. The number of thiophene rings is 1. The predicted molar refractivity (Wildman–Crippen MR) is 69.6 cm³/mol. The highest BCUT2D eigenvalue weighted by atomic mass is 35.5. The molecule has 0 aliphatic heterocycles. The molecule has 0 atom stereocenters. The van der Waals surface area contributed by atoms with Gasteiger partial charge < -0.3 is 10.1 Å². The van der Waals surface area contributed by atoms with Crippen molar-refractivity contribution in [1.82, 2.24) is 0 Å². The van der Waals surface area contributed by atoms with E-state index in [-0.39, 0.29) is 0 Å². The molecule has 1 aromatic carbocycles. The Kier molecular flexibility index (Phi) is 3.70. The number of halogens is 1. The molecular formula is C12H12ClNOS. The van der Waals surface area contributed by atoms with Crippen molar-refractivity contribution in [1.29, 1.82) is 0 Å². The lowest BCUT2D eigenvalue weighted by atomic mass is 10.3. The van der Waals surface area contributed by atoms with E-state index in [0.29, 0.717) is 0 Å². The first-order valence-corrected chi connectivity index (χ1v) is 6.10. The topological polar surface area (TPSA) is 21.3 Å². The van der Waals surface area contributed by atoms with Crippen molar-refractivity contribution in [3.8, 4) is 5.75 Å². The van der Waals surface area contributed by atoms with E-state index in [1.165, 1.54) is 4.88 Å². The summed E-state index contributed by atoms with van der Waals surface area (Å²) in [6.07, 6.45) is 0. The summed E-state index contributed by atoms with van der Waals surface area (Å²) < 4.78 is 6.07. The maximum atomic E-state index is 5.87. The number of nitrogens with one attached hydrogen (secondary N) is 1. The largest absolute Gasteiger partial charge is 0.495 e. The minimum absolute atomic E-state index is 0.762. The van der Waals surface area contributed by atoms with Gasteiger partial charge in [0, 0.05) is 11.4 Å². The van der Waals surface area contributed by atoms with Crippen LogP contribution < -0.4 is 10.1 Å². The minimum atomic E-state index is 0.762. The van der Waals surface area contributed by atoms with E-state index in [2.05, 4.69) is 5.32 Å². The average molecular weight is 254 g/mol. The number of ether oxygens (including phenoxy) is 1. The molecule has 0 radical (unpaired) electrons. The molecule has 2 aromatic rings. The van der Waals surface area contributed by atoms with Gasteiger partial charge in [0.05, 0.1) is 17.1 Å². The van der Waals surface area contributed by atoms with E-state index < -0.39 is 0 Å². The highest BCUT2D eigenvalue weighted by molar-refractivity contribution is 7.16. The van der Waals surface area contributed by atoms with E-state index in [0.717, 1.165) is 22.3 Å². The lowest BCUT2D eigenvalue weighted by Crippen LogP contribution is -1.99. The molecule has 1 heterocycles. The molecule has 0 spiro atoms. The van der Waals surface area contributed by atoms with E-state index in [4.69, 9.17) is 16.3 Å². The predicted octanol–water partition coefficient (Wildman–Crippen LogP) is 4.02. The van der Waals surface area contributed by atoms with Gasteiger partial charge >= 0.3 is 0 Å². The van der Waals surface area contributed by atoms with E-state index in [9.17, 15) is 0 Å². The van der Waals surface area contributed by atoms with Crippen molar-refractivity contribution in [2.24, 2.45) is 0 Å². The molecule has 1 N–H and O–H groups in total. The first-order valence-electron chi connectivity index (χ1n) is 4.90. The van der Waals surface area contributed by atoms with Gasteiger partial charge in [-0.1, -0.05) is 23.7 Å². The summed E-state index contributed by atoms with van der Waals surface area (Å²) in [5.74, 6) is 0.852. The standard InChI is InChI=1S/C12H12ClNOS/c1-15-11-5-3-2-4-10(11)14-8-9-6-7-12(13)16-9/h2-7,14H,8H2,1H3. The first kappa shape index (κ1) is 11.3. The van der Waals surface area contributed by atoms with Gasteiger partial charge in [0.1, 0.15) is 5.75 Å². The van der Waals surface area contributed by atoms with Crippen molar-refractivity contribution in [2.45, 2.75) is 6.54 Å². The molecular weight excluding hydrogens is 242 g/mol. The number of para-hydroxylation sites is 2. The zero-order valence-corrected chi connectivity index (χ0v) is 10.4. The fourth-order valence-electron chi connectivity index (χ4n) is 1.42. The lowest BCUT2D eigenvalue weighted by molar-refractivity contribution is 0.416. The van der Waals surface area contributed by atoms with Gasteiger partial charge in [0.25, 0.3) is 0 Å². The normalized spacial score (nSPS) is 10.1. The summed E-state index contributed by atoms with van der Waals surface area (Å²) in [4.78, 5) is 1.20. The Hall–Kier alpha value is -1.19. The van der Waals surface area contributed by atoms with Crippen LogP contribution in [0.5, 0.6) is 5.75 Å². The van der Waals surface area contributed by atoms with Crippen molar-refractivity contribution in [3.63, 3.8) is 0 Å². The molecule has 2 nitrogen and oxygen atoms in total. The number of rotatable bonds is 4. The zero-order chi connectivity index (χ0) is 11.4. The molecule has 0 saturated carbocycles. The van der Waals surface area contributed by atoms with E-state index >= 15 is 0 Å². The second kappa shape index (κ2) is 5.23. The van der Waals surface area contributed by atoms with Crippen molar-refractivity contribution in [3.05, 3.63) is 45.6 Å². The van der Waals surface area contributed by atoms with Crippen LogP contribution in [0, 0.1) is 0 Å². The maximum Gasteiger partial charge on any atom is 0.141 e. The molecule has 16 heavy (non-hydrogen) atoms. The van der Waals surface area contributed by atoms with Crippen LogP contribution in [-0.4, -0.2) is 7.11 Å². The van der Waals surface area contributed by atoms with Crippen LogP contribution in [-0.2, 0) is 6.54 Å². The van der Waals surface area contributed by atoms with E-state index in [1.54, 1.807) is 18.4 Å². The Labute approximate surface area is 104 Å². The second-order valence-corrected chi connectivity index (χ2v) is 5.06. The van der Waals surface area contributed by atoms with Gasteiger partial charge in [-0.15, -0.1) is 11.3 Å². The minimum Gasteiger partial charge on any atom is -0.495 e. The second-order valence-electron chi connectivity index (χ2n) is 3.26. The van der Waals surface area contributed by atoms with Crippen molar-refractivity contribution < 1.29 is 4.74 Å². The molecule has 0 unspecified atom stereocenters. The van der Waals surface area contributed by atoms with Crippen LogP contribution in [0.4, 0.5) is 5.69 Å². The van der Waals surface area contributed by atoms with Gasteiger partial charge in [-0.25, -0.2) is 0 Å². The molecule has 4 heteroatoms. The maximum absolute atomic E-state index is 5.87. The van der Waals surface area contributed by atoms with Crippen LogP contribution in [0.3, 0.4) is 0 Å². The van der Waals surface area contributed by atoms with Crippen LogP contribution in [0.25, 0.3) is 0 Å². The van der Waals surface area contributed by atoms with Crippen LogP contribution in [0.15, 0.2) is 36.4 Å². The summed E-state index contributed by atoms with van der Waals surface area (Å²) in [5.41, 5.74) is 0.995. The van der Waals surface area contributed by atoms with Crippen molar-refractivity contribution >= 4 is 28.6 Å². The van der Waals surface area contributed by atoms with Crippen LogP contribution >= 0.6 is 22.9 Å². The third-order valence-electron chi connectivity index (χ3n) is 2.19. The van der Waals surface area contributed by atoms with Gasteiger partial charge in [-0.2, -0.15) is 0 Å². The Morgan fingerprint density at radius 1 is 1.25 bits per heavy atom. The highest BCUT2D eigenvalue weighted by Crippen LogP contribution is 2.26. The number of hydrogen-bond acceptors (Lipinski definition) is 3.